The van der Waals surface area contributed by atoms with E-state index in [0.29, 0.717) is 0 Å². The lowest BCUT2D eigenvalue weighted by molar-refractivity contribution is -0.127. The zero-order chi connectivity index (χ0) is 8.91. The van der Waals surface area contributed by atoms with Crippen molar-refractivity contribution < 1.29 is 18.9 Å². The largest absolute Gasteiger partial charge is 0.450 e. The topological polar surface area (TPSA) is 99.4 Å². The van der Waals surface area contributed by atoms with Crippen LogP contribution >= 0.6 is 7.60 Å². The molecule has 1 amide bonds. The summed E-state index contributed by atoms with van der Waals surface area (Å²) in [6.07, 6.45) is 0.116. The quantitative estimate of drug-likeness (QED) is 0.472. The van der Waals surface area contributed by atoms with E-state index in [0.717, 1.165) is 5.81 Å². The summed E-state index contributed by atoms with van der Waals surface area (Å²) < 4.78 is 14.2. The summed E-state index contributed by atoms with van der Waals surface area (Å²) in [5, 5.41) is 7.94. The molecule has 0 aliphatic heterocycles. The van der Waals surface area contributed by atoms with Gasteiger partial charge in [-0.3, -0.25) is 4.79 Å². The van der Waals surface area contributed by atoms with Gasteiger partial charge in [-0.05, 0) is 0 Å². The van der Waals surface area contributed by atoms with Gasteiger partial charge in [0.05, 0.1) is 0 Å². The van der Waals surface area contributed by atoms with E-state index in [1.54, 1.807) is 5.48 Å². The van der Waals surface area contributed by atoms with Crippen LogP contribution in [0.5, 0.6) is 0 Å². The van der Waals surface area contributed by atoms with E-state index < -0.39 is 13.5 Å². The first kappa shape index (κ1) is 10.1. The molecular weight excluding hydrogens is 171 g/mol. The maximum atomic E-state index is 10.4. The van der Waals surface area contributed by atoms with Crippen molar-refractivity contribution in [2.24, 2.45) is 0 Å². The molecule has 0 radical (unpaired) electrons. The van der Waals surface area contributed by atoms with Crippen LogP contribution in [0.3, 0.4) is 0 Å². The standard InChI is InChI=1S/C4H7N2O4P/c1-2-4(7)6-10-11(8,9)3-5/h2H2,1H3,(H,6,7)(H,8,9). The summed E-state index contributed by atoms with van der Waals surface area (Å²) >= 11 is 0. The lowest BCUT2D eigenvalue weighted by atomic mass is 10.5. The molecule has 1 atom stereocenters. The van der Waals surface area contributed by atoms with Crippen LogP contribution in [-0.4, -0.2) is 10.8 Å². The Bertz CT molecular complexity index is 233. The van der Waals surface area contributed by atoms with E-state index in [2.05, 4.69) is 4.62 Å². The molecule has 11 heavy (non-hydrogen) atoms. The minimum Gasteiger partial charge on any atom is -0.312 e. The molecule has 0 heterocycles. The molecule has 0 aromatic carbocycles. The Labute approximate surface area is 63.3 Å². The van der Waals surface area contributed by atoms with E-state index in [1.807, 2.05) is 0 Å². The van der Waals surface area contributed by atoms with Crippen molar-refractivity contribution in [2.45, 2.75) is 13.3 Å². The van der Waals surface area contributed by atoms with E-state index in [1.165, 1.54) is 6.92 Å². The number of nitrogens with zero attached hydrogens (tertiary/aromatic N) is 1. The Hall–Kier alpha value is -0.890. The number of hydrogen-bond donors (Lipinski definition) is 2. The highest BCUT2D eigenvalue weighted by Gasteiger charge is 2.19. The fourth-order valence-corrected chi connectivity index (χ4v) is 0.472. The highest BCUT2D eigenvalue weighted by atomic mass is 31.2. The molecule has 0 spiro atoms. The Kier molecular flexibility index (Phi) is 3.76. The van der Waals surface area contributed by atoms with Crippen LogP contribution in [0.1, 0.15) is 13.3 Å². The Morgan fingerprint density at radius 3 is 2.82 bits per heavy atom. The van der Waals surface area contributed by atoms with Crippen molar-refractivity contribution >= 4 is 13.5 Å². The van der Waals surface area contributed by atoms with Gasteiger partial charge in [-0.1, -0.05) is 6.92 Å². The molecule has 62 valence electrons. The van der Waals surface area contributed by atoms with E-state index in [9.17, 15) is 9.36 Å². The molecule has 7 heteroatoms. The monoisotopic (exact) mass is 178 g/mol. The van der Waals surface area contributed by atoms with Crippen molar-refractivity contribution in [1.29, 1.82) is 5.26 Å². The summed E-state index contributed by atoms with van der Waals surface area (Å²) in [5.41, 5.74) is 1.65. The van der Waals surface area contributed by atoms with Crippen LogP contribution in [-0.2, 0) is 14.0 Å². The van der Waals surface area contributed by atoms with Gasteiger partial charge in [0.15, 0.2) is 5.81 Å². The van der Waals surface area contributed by atoms with Crippen LogP contribution in [0.2, 0.25) is 0 Å². The summed E-state index contributed by atoms with van der Waals surface area (Å²) in [5.74, 6) is 0.434. The Morgan fingerprint density at radius 2 is 2.45 bits per heavy atom. The molecule has 0 saturated carbocycles. The SMILES string of the molecule is CCC(=O)NOP(=O)(O)C#N. The van der Waals surface area contributed by atoms with Crippen LogP contribution in [0, 0.1) is 11.1 Å². The Balaban J connectivity index is 3.83. The summed E-state index contributed by atoms with van der Waals surface area (Å²) in [7, 11) is -4.27. The van der Waals surface area contributed by atoms with Gasteiger partial charge < -0.3 is 4.89 Å². The van der Waals surface area contributed by atoms with Crippen molar-refractivity contribution in [2.75, 3.05) is 0 Å². The molecule has 2 N–H and O–H groups in total. The first-order valence-electron chi connectivity index (χ1n) is 2.73. The summed E-state index contributed by atoms with van der Waals surface area (Å²) in [6.45, 7) is 1.54. The van der Waals surface area contributed by atoms with Crippen molar-refractivity contribution in [3.63, 3.8) is 0 Å². The summed E-state index contributed by atoms with van der Waals surface area (Å²) in [6, 6.07) is 0. The predicted molar refractivity (Wildman–Crippen MR) is 35.0 cm³/mol. The zero-order valence-corrected chi connectivity index (χ0v) is 6.67. The molecule has 0 aromatic rings. The average molecular weight is 178 g/mol. The molecule has 0 saturated heterocycles. The van der Waals surface area contributed by atoms with E-state index in [-0.39, 0.29) is 6.42 Å². The summed E-state index contributed by atoms with van der Waals surface area (Å²) in [4.78, 5) is 18.8. The first-order chi connectivity index (χ1) is 5.02. The number of carbonyl (C=O) groups excluding carboxylic acids is 1. The molecule has 0 fully saturated rings. The highest BCUT2D eigenvalue weighted by molar-refractivity contribution is 7.58. The Morgan fingerprint density at radius 1 is 1.91 bits per heavy atom. The molecule has 0 aliphatic carbocycles. The number of carbonyl (C=O) groups is 1. The molecule has 1 unspecified atom stereocenters. The van der Waals surface area contributed by atoms with Gasteiger partial charge >= 0.3 is 7.60 Å². The van der Waals surface area contributed by atoms with Gasteiger partial charge in [0, 0.05) is 6.42 Å². The van der Waals surface area contributed by atoms with Crippen molar-refractivity contribution in [1.82, 2.24) is 5.48 Å². The molecular formula is C4H7N2O4P. The zero-order valence-electron chi connectivity index (χ0n) is 5.77. The number of hydroxylamine groups is 1. The maximum absolute atomic E-state index is 10.4. The molecule has 0 rings (SSSR count). The van der Waals surface area contributed by atoms with Gasteiger partial charge in [0.1, 0.15) is 0 Å². The third kappa shape index (κ3) is 4.51. The second-order valence-electron chi connectivity index (χ2n) is 1.59. The third-order valence-corrected chi connectivity index (χ3v) is 1.32. The van der Waals surface area contributed by atoms with Crippen LogP contribution < -0.4 is 5.48 Å². The van der Waals surface area contributed by atoms with Gasteiger partial charge in [-0.2, -0.15) is 9.89 Å². The number of hydrogen-bond acceptors (Lipinski definition) is 4. The number of rotatable bonds is 3. The van der Waals surface area contributed by atoms with E-state index >= 15 is 0 Å². The van der Waals surface area contributed by atoms with Crippen LogP contribution in [0.4, 0.5) is 0 Å². The third-order valence-electron chi connectivity index (χ3n) is 0.731. The van der Waals surface area contributed by atoms with Gasteiger partial charge in [-0.25, -0.2) is 10.0 Å². The van der Waals surface area contributed by atoms with Crippen LogP contribution in [0.25, 0.3) is 0 Å². The molecule has 0 bridgehead atoms. The second kappa shape index (κ2) is 4.09. The second-order valence-corrected chi connectivity index (χ2v) is 3.01. The van der Waals surface area contributed by atoms with Crippen molar-refractivity contribution in [3.8, 4) is 5.81 Å². The number of nitrogens with one attached hydrogen (secondary N) is 1. The van der Waals surface area contributed by atoms with E-state index in [4.69, 9.17) is 10.2 Å². The lowest BCUT2D eigenvalue weighted by Gasteiger charge is -2.02. The fourth-order valence-electron chi connectivity index (χ4n) is 0.205. The van der Waals surface area contributed by atoms with Crippen molar-refractivity contribution in [3.05, 3.63) is 0 Å². The molecule has 6 nitrogen and oxygen atoms in total. The molecule has 0 aliphatic rings. The smallest absolute Gasteiger partial charge is 0.312 e. The first-order valence-corrected chi connectivity index (χ1v) is 4.31. The molecule has 0 aromatic heterocycles. The fraction of sp³-hybridized carbons (Fsp3) is 0.500. The lowest BCUT2D eigenvalue weighted by Crippen LogP contribution is -2.20. The number of amides is 1. The van der Waals surface area contributed by atoms with Gasteiger partial charge in [-0.15, -0.1) is 0 Å². The predicted octanol–water partition coefficient (Wildman–Crippen LogP) is 0.111. The van der Waals surface area contributed by atoms with Gasteiger partial charge in [0.2, 0.25) is 5.91 Å². The number of nitriles is 1. The maximum Gasteiger partial charge on any atom is 0.450 e. The minimum atomic E-state index is -4.27. The van der Waals surface area contributed by atoms with Crippen LogP contribution in [0.15, 0.2) is 0 Å². The highest BCUT2D eigenvalue weighted by Crippen LogP contribution is 2.38. The average Bonchev–Trinajstić information content (AvgIpc) is 2.00. The minimum absolute atomic E-state index is 0.116. The normalized spacial score (nSPS) is 14.6. The van der Waals surface area contributed by atoms with Gasteiger partial charge in [0.25, 0.3) is 0 Å².